The molecule has 0 spiro atoms. The van der Waals surface area contributed by atoms with Gasteiger partial charge in [0.15, 0.2) is 2.82 Å². The number of H-pyrrole nitrogens is 1. The van der Waals surface area contributed by atoms with E-state index < -0.39 is 38.2 Å². The van der Waals surface area contributed by atoms with Crippen LogP contribution in [0.5, 0.6) is 0 Å². The van der Waals surface area contributed by atoms with Crippen LogP contribution < -0.4 is 5.31 Å². The average Bonchev–Trinajstić information content (AvgIpc) is 3.02. The molecule has 2 aromatic rings. The molecule has 112 valence electrons. The van der Waals surface area contributed by atoms with Crippen molar-refractivity contribution in [1.82, 2.24) is 15.2 Å². The van der Waals surface area contributed by atoms with Crippen LogP contribution in [0, 0.1) is 0 Å². The van der Waals surface area contributed by atoms with Crippen LogP contribution in [0.2, 0.25) is 2.82 Å². The maximum absolute atomic E-state index is 11.5. The molecule has 0 saturated carbocycles. The monoisotopic (exact) mass is 296 g/mol. The second-order valence-electron chi connectivity index (χ2n) is 4.89. The van der Waals surface area contributed by atoms with E-state index in [0.29, 0.717) is 10.9 Å². The second-order valence-corrected chi connectivity index (χ2v) is 4.89. The highest BCUT2D eigenvalue weighted by Gasteiger charge is 2.22. The van der Waals surface area contributed by atoms with Crippen molar-refractivity contribution in [1.29, 1.82) is 0 Å². The zero-order chi connectivity index (χ0) is 22.6. The highest BCUT2D eigenvalue weighted by atomic mass is 16.6. The van der Waals surface area contributed by atoms with Gasteiger partial charge in [-0.3, -0.25) is 0 Å². The van der Waals surface area contributed by atoms with Crippen LogP contribution in [0.3, 0.4) is 0 Å². The van der Waals surface area contributed by atoms with Crippen molar-refractivity contribution in [3.8, 4) is 0 Å². The normalized spacial score (nSPS) is 29.7. The van der Waals surface area contributed by atoms with E-state index >= 15 is 0 Å². The van der Waals surface area contributed by atoms with E-state index in [9.17, 15) is 4.79 Å². The van der Waals surface area contributed by atoms with Gasteiger partial charge in [-0.1, -0.05) is 6.07 Å². The van der Waals surface area contributed by atoms with Crippen LogP contribution in [0.4, 0.5) is 4.79 Å². The van der Waals surface area contributed by atoms with Gasteiger partial charge in [0.25, 0.3) is 0 Å². The van der Waals surface area contributed by atoms with Gasteiger partial charge in [0, 0.05) is 30.5 Å². The summed E-state index contributed by atoms with van der Waals surface area (Å²) >= 11 is 0. The topological polar surface area (TPSA) is 57.4 Å². The lowest BCUT2D eigenvalue weighted by atomic mass is 10.0. The molecule has 5 nitrogen and oxygen atoms in total. The number of alkyl carbamates (subject to hydrolysis) is 1. The number of carbonyl (C=O) groups excluding carboxylic acids is 1. The molecular formula is C16H21N3O2. The molecule has 21 heavy (non-hydrogen) atoms. The van der Waals surface area contributed by atoms with Gasteiger partial charge in [0.05, 0.1) is 8.76 Å². The first kappa shape index (κ1) is 6.83. The fraction of sp³-hybridized carbons (Fsp3) is 0.438. The van der Waals surface area contributed by atoms with E-state index in [1.165, 1.54) is 19.2 Å². The zero-order valence-electron chi connectivity index (χ0n) is 20.5. The molecule has 2 heterocycles. The Bertz CT molecular complexity index is 990. The summed E-state index contributed by atoms with van der Waals surface area (Å²) in [5, 5.41) is 0.677. The van der Waals surface area contributed by atoms with Gasteiger partial charge in [-0.05, 0) is 50.1 Å². The fourth-order valence-corrected chi connectivity index (χ4v) is 2.16. The van der Waals surface area contributed by atoms with E-state index in [-0.39, 0.29) is 29.5 Å². The van der Waals surface area contributed by atoms with Gasteiger partial charge in [0.1, 0.15) is 6.61 Å². The number of likely N-dealkylation sites (N-methyl/N-ethyl adjacent to an activating group) is 1. The molecule has 3 rings (SSSR count). The molecule has 1 aromatic heterocycles. The summed E-state index contributed by atoms with van der Waals surface area (Å²) in [4.78, 5) is 13.1. The van der Waals surface area contributed by atoms with Crippen LogP contribution >= 0.6 is 0 Å². The van der Waals surface area contributed by atoms with Crippen molar-refractivity contribution < 1.29 is 22.0 Å². The molecule has 5 heteroatoms. The second kappa shape index (κ2) is 5.77. The molecule has 1 amide bonds. The standard InChI is InChI=1S/C16H21N3O2/c1-19(2)6-5-12-9-17-15-4-3-11(8-14(12)15)7-13-10-21-16(20)18-13/h3-4,8-9,13,17H,5-7,10H2,1-2H3,(H,18,20)/t13-/m0/s1/i1D3,5D2,9D,13D/hD2. The lowest BCUT2D eigenvalue weighted by Crippen LogP contribution is -2.28. The molecule has 1 aromatic carbocycles. The van der Waals surface area contributed by atoms with Crippen LogP contribution in [-0.4, -0.2) is 49.2 Å². The minimum atomic E-state index is -2.52. The number of rotatable bonds is 5. The molecule has 0 bridgehead atoms. The third-order valence-electron chi connectivity index (χ3n) is 3.13. The predicted molar refractivity (Wildman–Crippen MR) is 82.5 cm³/mol. The molecule has 1 atom stereocenters. The Morgan fingerprint density at radius 2 is 2.62 bits per heavy atom. The highest BCUT2D eigenvalue weighted by Crippen LogP contribution is 2.21. The summed E-state index contributed by atoms with van der Waals surface area (Å²) in [5.41, 5.74) is 0.602. The summed E-state index contributed by atoms with van der Waals surface area (Å²) in [6.45, 7) is -3.35. The number of hydrogen-bond donors (Lipinski definition) is 2. The van der Waals surface area contributed by atoms with Gasteiger partial charge in [-0.15, -0.1) is 0 Å². The van der Waals surface area contributed by atoms with Crippen LogP contribution in [-0.2, 0) is 17.5 Å². The number of hydrogen-bond acceptors (Lipinski definition) is 3. The van der Waals surface area contributed by atoms with Crippen molar-refractivity contribution in [3.05, 3.63) is 35.5 Å². The van der Waals surface area contributed by atoms with E-state index in [1.54, 1.807) is 6.07 Å². The van der Waals surface area contributed by atoms with Gasteiger partial charge in [-0.25, -0.2) is 4.79 Å². The maximum Gasteiger partial charge on any atom is 0.407 e. The number of amides is 1. The van der Waals surface area contributed by atoms with Crippen LogP contribution in [0.1, 0.15) is 20.7 Å². The Kier molecular flexibility index (Phi) is 1.88. The summed E-state index contributed by atoms with van der Waals surface area (Å²) in [7, 11) is 1.25. The Labute approximate surface area is 137 Å². The van der Waals surface area contributed by atoms with Crippen molar-refractivity contribution >= 4 is 17.0 Å². The lowest BCUT2D eigenvalue weighted by molar-refractivity contribution is 0.177. The Morgan fingerprint density at radius 3 is 3.38 bits per heavy atom. The molecule has 1 saturated heterocycles. The Hall–Kier alpha value is -2.01. The molecule has 0 unspecified atom stereocenters. The Morgan fingerprint density at radius 1 is 1.71 bits per heavy atom. The molecule has 0 radical (unpaired) electrons. The van der Waals surface area contributed by atoms with E-state index in [1.807, 2.05) is 0 Å². The summed E-state index contributed by atoms with van der Waals surface area (Å²) in [6.07, 6.45) is -3.67. The lowest BCUT2D eigenvalue weighted by Gasteiger charge is -2.09. The number of nitrogens with zero attached hydrogens (tertiary/aromatic N) is 1. The minimum absolute atomic E-state index is 0.0771. The number of carbonyl (C=O) groups is 1. The van der Waals surface area contributed by atoms with Gasteiger partial charge >= 0.3 is 6.09 Å². The van der Waals surface area contributed by atoms with Crippen molar-refractivity contribution in [3.63, 3.8) is 0 Å². The minimum Gasteiger partial charge on any atom is -0.447 e. The molecule has 2 N–H and O–H groups in total. The zero-order valence-corrected chi connectivity index (χ0v) is 11.5. The molecule has 1 aliphatic rings. The summed E-state index contributed by atoms with van der Waals surface area (Å²) in [5.74, 6) is 0. The quantitative estimate of drug-likeness (QED) is 0.886. The first-order chi connectivity index (χ1) is 13.7. The summed E-state index contributed by atoms with van der Waals surface area (Å²) < 4.78 is 76.2. The smallest absolute Gasteiger partial charge is 0.407 e. The molecule has 1 fully saturated rings. The number of nitrogens with one attached hydrogen (secondary N) is 2. The predicted octanol–water partition coefficient (Wildman–Crippen LogP) is 1.92. The number of aromatic amines is 1. The number of benzene rings is 1. The van der Waals surface area contributed by atoms with Gasteiger partial charge in [-0.2, -0.15) is 0 Å². The molecule has 1 aliphatic heterocycles. The average molecular weight is 296 g/mol. The first-order valence-electron chi connectivity index (χ1n) is 10.9. The maximum atomic E-state index is 11.5. The van der Waals surface area contributed by atoms with Crippen molar-refractivity contribution in [2.75, 3.05) is 27.2 Å². The third-order valence-corrected chi connectivity index (χ3v) is 3.13. The highest BCUT2D eigenvalue weighted by molar-refractivity contribution is 5.84. The fourth-order valence-electron chi connectivity index (χ4n) is 2.16. The SMILES string of the molecule is [2H]c1c(C([2H])([2H])CN(C)C([2H])([2H])[2H])c2cc(C[C@@]3([2H])COC(=O)N3[2H])ccc2n1[2H]. The summed E-state index contributed by atoms with van der Waals surface area (Å²) in [6, 6.07) is 2.93. The van der Waals surface area contributed by atoms with Gasteiger partial charge in [0.2, 0.25) is 0 Å². The molecular weight excluding hydrogens is 266 g/mol. The molecule has 0 aliphatic carbocycles. The number of fused-ring (bicyclic) bond motifs is 1. The van der Waals surface area contributed by atoms with Crippen LogP contribution in [0.15, 0.2) is 24.4 Å². The van der Waals surface area contributed by atoms with E-state index in [4.69, 9.17) is 17.2 Å². The van der Waals surface area contributed by atoms with Gasteiger partial charge < -0.3 is 19.9 Å². The largest absolute Gasteiger partial charge is 0.447 e. The van der Waals surface area contributed by atoms with E-state index in [0.717, 1.165) is 9.88 Å². The van der Waals surface area contributed by atoms with Crippen molar-refractivity contribution in [2.24, 2.45) is 0 Å². The van der Waals surface area contributed by atoms with E-state index in [2.05, 4.69) is 0 Å². The number of ether oxygens (including phenoxy) is 1. The van der Waals surface area contributed by atoms with Crippen molar-refractivity contribution in [2.45, 2.75) is 18.8 Å². The number of aromatic nitrogens is 1. The number of cyclic esters (lactones) is 1. The Balaban J connectivity index is 2.04. The van der Waals surface area contributed by atoms with Crippen LogP contribution in [0.25, 0.3) is 10.9 Å². The third kappa shape index (κ3) is 3.19. The first-order valence-corrected chi connectivity index (χ1v) is 6.48.